The van der Waals surface area contributed by atoms with Crippen LogP contribution in [0.25, 0.3) is 0 Å². The van der Waals surface area contributed by atoms with Gasteiger partial charge in [0.15, 0.2) is 0 Å². The van der Waals surface area contributed by atoms with E-state index in [1.54, 1.807) is 19.1 Å². The first-order chi connectivity index (χ1) is 9.47. The number of nitrogens with zero attached hydrogens (tertiary/aromatic N) is 1. The van der Waals surface area contributed by atoms with Crippen molar-refractivity contribution in [2.45, 2.75) is 31.8 Å². The molecule has 0 saturated carbocycles. The van der Waals surface area contributed by atoms with Crippen molar-refractivity contribution in [1.82, 2.24) is 4.90 Å². The van der Waals surface area contributed by atoms with Crippen LogP contribution in [0.4, 0.5) is 0 Å². The highest BCUT2D eigenvalue weighted by Crippen LogP contribution is 2.22. The molecule has 2 N–H and O–H groups in total. The molecule has 1 rings (SSSR count). The van der Waals surface area contributed by atoms with Gasteiger partial charge in [-0.2, -0.15) is 0 Å². The molecule has 5 heteroatoms. The number of methoxy groups -OCH3 is 1. The average molecular weight is 299 g/mol. The van der Waals surface area contributed by atoms with Gasteiger partial charge in [0.25, 0.3) is 0 Å². The Morgan fingerprint density at radius 3 is 2.80 bits per heavy atom. The molecule has 0 aliphatic heterocycles. The van der Waals surface area contributed by atoms with E-state index in [1.165, 1.54) is 0 Å². The Morgan fingerprint density at radius 2 is 2.20 bits per heavy atom. The number of hydrogen-bond acceptors (Lipinski definition) is 3. The minimum atomic E-state index is -0.489. The third-order valence-electron chi connectivity index (χ3n) is 3.44. The van der Waals surface area contributed by atoms with Crippen molar-refractivity contribution in [3.63, 3.8) is 0 Å². The molecular formula is C15H23ClN2O2. The second kappa shape index (κ2) is 8.25. The van der Waals surface area contributed by atoms with E-state index in [0.29, 0.717) is 18.1 Å². The molecular weight excluding hydrogens is 276 g/mol. The van der Waals surface area contributed by atoms with Crippen LogP contribution in [-0.4, -0.2) is 37.6 Å². The van der Waals surface area contributed by atoms with Crippen molar-refractivity contribution >= 4 is 17.5 Å². The van der Waals surface area contributed by atoms with Crippen molar-refractivity contribution in [2.24, 2.45) is 5.73 Å². The summed E-state index contributed by atoms with van der Waals surface area (Å²) in [5.41, 5.74) is 6.93. The summed E-state index contributed by atoms with van der Waals surface area (Å²) in [5, 5.41) is 0.666. The molecule has 2 atom stereocenters. The summed E-state index contributed by atoms with van der Waals surface area (Å²) in [6.07, 6.45) is 1.40. The summed E-state index contributed by atoms with van der Waals surface area (Å²) in [7, 11) is 3.41. The molecule has 112 valence electrons. The zero-order valence-electron chi connectivity index (χ0n) is 12.3. The molecule has 0 bridgehead atoms. The standard InChI is InChI=1S/C15H23ClN2O2/c1-11(12-6-4-7-13(16)10-12)18(2)15(19)14(17)8-5-9-20-3/h4,6-7,10-11,14H,5,8-9,17H2,1-3H3. The fraction of sp³-hybridized carbons (Fsp3) is 0.533. The molecule has 0 spiro atoms. The zero-order valence-corrected chi connectivity index (χ0v) is 13.1. The lowest BCUT2D eigenvalue weighted by atomic mass is 10.1. The van der Waals surface area contributed by atoms with Gasteiger partial charge in [-0.25, -0.2) is 0 Å². The van der Waals surface area contributed by atoms with E-state index in [-0.39, 0.29) is 11.9 Å². The number of carbonyl (C=O) groups excluding carboxylic acids is 1. The molecule has 0 aromatic heterocycles. The van der Waals surface area contributed by atoms with Crippen LogP contribution in [0.5, 0.6) is 0 Å². The smallest absolute Gasteiger partial charge is 0.239 e. The van der Waals surface area contributed by atoms with E-state index in [2.05, 4.69) is 0 Å². The van der Waals surface area contributed by atoms with Crippen molar-refractivity contribution in [2.75, 3.05) is 20.8 Å². The second-order valence-electron chi connectivity index (χ2n) is 4.92. The Morgan fingerprint density at radius 1 is 1.50 bits per heavy atom. The maximum Gasteiger partial charge on any atom is 0.239 e. The van der Waals surface area contributed by atoms with Crippen LogP contribution >= 0.6 is 11.6 Å². The van der Waals surface area contributed by atoms with Crippen LogP contribution in [0.15, 0.2) is 24.3 Å². The zero-order chi connectivity index (χ0) is 15.1. The van der Waals surface area contributed by atoms with Gasteiger partial charge < -0.3 is 15.4 Å². The lowest BCUT2D eigenvalue weighted by molar-refractivity contribution is -0.133. The molecule has 2 unspecified atom stereocenters. The first-order valence-corrected chi connectivity index (χ1v) is 7.11. The molecule has 0 heterocycles. The largest absolute Gasteiger partial charge is 0.385 e. The van der Waals surface area contributed by atoms with E-state index in [1.807, 2.05) is 31.2 Å². The quantitative estimate of drug-likeness (QED) is 0.787. The minimum absolute atomic E-state index is 0.0605. The Hall–Kier alpha value is -1.10. The topological polar surface area (TPSA) is 55.6 Å². The number of likely N-dealkylation sites (N-methyl/N-ethyl adjacent to an activating group) is 1. The Kier molecular flexibility index (Phi) is 6.99. The van der Waals surface area contributed by atoms with Gasteiger partial charge in [0.1, 0.15) is 0 Å². The van der Waals surface area contributed by atoms with Gasteiger partial charge in [-0.05, 0) is 37.5 Å². The fourth-order valence-corrected chi connectivity index (χ4v) is 2.21. The number of rotatable bonds is 7. The average Bonchev–Trinajstić information content (AvgIpc) is 2.45. The van der Waals surface area contributed by atoms with E-state index >= 15 is 0 Å². The van der Waals surface area contributed by atoms with Gasteiger partial charge in [0.2, 0.25) is 5.91 Å². The van der Waals surface area contributed by atoms with Crippen LogP contribution in [0.2, 0.25) is 5.02 Å². The van der Waals surface area contributed by atoms with Gasteiger partial charge in [-0.3, -0.25) is 4.79 Å². The first-order valence-electron chi connectivity index (χ1n) is 6.74. The molecule has 0 fully saturated rings. The van der Waals surface area contributed by atoms with Gasteiger partial charge in [-0.15, -0.1) is 0 Å². The SMILES string of the molecule is COCCCC(N)C(=O)N(C)C(C)c1cccc(Cl)c1. The molecule has 0 aliphatic rings. The lowest BCUT2D eigenvalue weighted by Gasteiger charge is -2.28. The van der Waals surface area contributed by atoms with Crippen molar-refractivity contribution in [3.8, 4) is 0 Å². The predicted molar refractivity (Wildman–Crippen MR) is 81.7 cm³/mol. The summed E-state index contributed by atoms with van der Waals surface area (Å²) in [5.74, 6) is -0.0615. The van der Waals surface area contributed by atoms with Crippen LogP contribution < -0.4 is 5.73 Å². The van der Waals surface area contributed by atoms with Crippen molar-refractivity contribution < 1.29 is 9.53 Å². The number of ether oxygens (including phenoxy) is 1. The van der Waals surface area contributed by atoms with E-state index < -0.39 is 6.04 Å². The van der Waals surface area contributed by atoms with Crippen LogP contribution in [0, 0.1) is 0 Å². The number of carbonyl (C=O) groups is 1. The maximum atomic E-state index is 12.3. The highest BCUT2D eigenvalue weighted by atomic mass is 35.5. The van der Waals surface area contributed by atoms with Gasteiger partial charge >= 0.3 is 0 Å². The Bertz CT molecular complexity index is 440. The van der Waals surface area contributed by atoms with E-state index in [4.69, 9.17) is 22.1 Å². The summed E-state index contributed by atoms with van der Waals surface area (Å²) < 4.78 is 4.97. The number of benzene rings is 1. The van der Waals surface area contributed by atoms with Crippen molar-refractivity contribution in [3.05, 3.63) is 34.9 Å². The molecule has 0 radical (unpaired) electrons. The van der Waals surface area contributed by atoms with Gasteiger partial charge in [0, 0.05) is 25.8 Å². The molecule has 0 saturated heterocycles. The summed E-state index contributed by atoms with van der Waals surface area (Å²) in [4.78, 5) is 13.9. The van der Waals surface area contributed by atoms with Crippen molar-refractivity contribution in [1.29, 1.82) is 0 Å². The second-order valence-corrected chi connectivity index (χ2v) is 5.36. The van der Waals surface area contributed by atoms with E-state index in [9.17, 15) is 4.79 Å². The first kappa shape index (κ1) is 17.0. The molecule has 4 nitrogen and oxygen atoms in total. The van der Waals surface area contributed by atoms with Crippen LogP contribution in [0.1, 0.15) is 31.4 Å². The number of amides is 1. The highest BCUT2D eigenvalue weighted by molar-refractivity contribution is 6.30. The number of halogens is 1. The van der Waals surface area contributed by atoms with Gasteiger partial charge in [-0.1, -0.05) is 23.7 Å². The molecule has 20 heavy (non-hydrogen) atoms. The summed E-state index contributed by atoms with van der Waals surface area (Å²) >= 11 is 5.98. The molecule has 0 aliphatic carbocycles. The van der Waals surface area contributed by atoms with Crippen LogP contribution in [-0.2, 0) is 9.53 Å². The van der Waals surface area contributed by atoms with E-state index in [0.717, 1.165) is 12.0 Å². The Labute approximate surface area is 125 Å². The summed E-state index contributed by atoms with van der Waals surface area (Å²) in [6, 6.07) is 6.97. The highest BCUT2D eigenvalue weighted by Gasteiger charge is 2.22. The Balaban J connectivity index is 2.63. The van der Waals surface area contributed by atoms with Crippen LogP contribution in [0.3, 0.4) is 0 Å². The minimum Gasteiger partial charge on any atom is -0.385 e. The fourth-order valence-electron chi connectivity index (χ4n) is 2.01. The monoisotopic (exact) mass is 298 g/mol. The number of nitrogens with two attached hydrogens (primary N) is 1. The third kappa shape index (κ3) is 4.78. The van der Waals surface area contributed by atoms with Gasteiger partial charge in [0.05, 0.1) is 12.1 Å². The maximum absolute atomic E-state index is 12.3. The predicted octanol–water partition coefficient (Wildman–Crippen LogP) is 2.61. The normalized spacial score (nSPS) is 13.8. The molecule has 1 aromatic rings. The third-order valence-corrected chi connectivity index (χ3v) is 3.68. The summed E-state index contributed by atoms with van der Waals surface area (Å²) in [6.45, 7) is 2.58. The molecule has 1 aromatic carbocycles. The number of hydrogen-bond donors (Lipinski definition) is 1. The lowest BCUT2D eigenvalue weighted by Crippen LogP contribution is -2.42. The molecule has 1 amide bonds.